The molecule has 0 aliphatic carbocycles. The van der Waals surface area contributed by atoms with Crippen LogP contribution in [0.15, 0.2) is 84.0 Å². The largest absolute Gasteiger partial charge is 0.496 e. The molecule has 1 aromatic heterocycles. The standard InChI is InChI=1S/C27H27FN4O2S/c1-34-24-10-6-5-9-23(24)26-30-31-27(32(26)18-16-20-7-3-2-4-8-20)35-19-25(33)29-17-15-21-11-13-22(28)14-12-21/h2-14H,15-19H2,1H3,(H,29,33). The highest BCUT2D eigenvalue weighted by molar-refractivity contribution is 7.99. The molecular formula is C27H27FN4O2S. The van der Waals surface area contributed by atoms with Gasteiger partial charge in [-0.2, -0.15) is 0 Å². The Morgan fingerprint density at radius 3 is 2.43 bits per heavy atom. The molecule has 0 fully saturated rings. The summed E-state index contributed by atoms with van der Waals surface area (Å²) >= 11 is 1.35. The van der Waals surface area contributed by atoms with Gasteiger partial charge in [-0.15, -0.1) is 10.2 Å². The number of nitrogens with zero attached hydrogens (tertiary/aromatic N) is 3. The molecule has 1 heterocycles. The molecule has 0 bridgehead atoms. The zero-order valence-electron chi connectivity index (χ0n) is 19.5. The second-order valence-corrected chi connectivity index (χ2v) is 8.85. The Morgan fingerprint density at radius 1 is 0.943 bits per heavy atom. The van der Waals surface area contributed by atoms with Crippen LogP contribution in [0.3, 0.4) is 0 Å². The van der Waals surface area contributed by atoms with Gasteiger partial charge >= 0.3 is 0 Å². The number of hydrogen-bond acceptors (Lipinski definition) is 5. The summed E-state index contributed by atoms with van der Waals surface area (Å²) < 4.78 is 20.6. The number of carbonyl (C=O) groups excluding carboxylic acids is 1. The number of halogens is 1. The van der Waals surface area contributed by atoms with Gasteiger partial charge in [0, 0.05) is 13.1 Å². The van der Waals surface area contributed by atoms with Gasteiger partial charge in [0.05, 0.1) is 18.4 Å². The van der Waals surface area contributed by atoms with E-state index in [0.29, 0.717) is 30.5 Å². The number of aryl methyl sites for hydroxylation is 1. The maximum absolute atomic E-state index is 13.0. The van der Waals surface area contributed by atoms with Crippen LogP contribution in [0.1, 0.15) is 11.1 Å². The fourth-order valence-electron chi connectivity index (χ4n) is 3.69. The fourth-order valence-corrected chi connectivity index (χ4v) is 4.48. The molecule has 0 atom stereocenters. The van der Waals surface area contributed by atoms with Crippen molar-refractivity contribution in [1.82, 2.24) is 20.1 Å². The third kappa shape index (κ3) is 6.70. The number of hydrogen-bond donors (Lipinski definition) is 1. The molecule has 0 unspecified atom stereocenters. The molecule has 3 aromatic carbocycles. The van der Waals surface area contributed by atoms with Crippen LogP contribution < -0.4 is 10.1 Å². The number of thioether (sulfide) groups is 1. The molecule has 180 valence electrons. The highest BCUT2D eigenvalue weighted by Gasteiger charge is 2.18. The van der Waals surface area contributed by atoms with Crippen LogP contribution in [-0.4, -0.2) is 40.1 Å². The molecule has 1 N–H and O–H groups in total. The maximum atomic E-state index is 13.0. The average molecular weight is 491 g/mol. The molecule has 0 aliphatic heterocycles. The summed E-state index contributed by atoms with van der Waals surface area (Å²) in [5, 5.41) is 12.4. The minimum Gasteiger partial charge on any atom is -0.496 e. The van der Waals surface area contributed by atoms with E-state index < -0.39 is 0 Å². The predicted octanol–water partition coefficient (Wildman–Crippen LogP) is 4.79. The second kappa shape index (κ2) is 12.2. The zero-order valence-corrected chi connectivity index (χ0v) is 20.3. The first kappa shape index (κ1) is 24.5. The van der Waals surface area contributed by atoms with Crippen LogP contribution in [0.2, 0.25) is 0 Å². The maximum Gasteiger partial charge on any atom is 0.230 e. The molecule has 4 rings (SSSR count). The van der Waals surface area contributed by atoms with Crippen molar-refractivity contribution in [3.63, 3.8) is 0 Å². The van der Waals surface area contributed by atoms with E-state index in [1.807, 2.05) is 47.0 Å². The Kier molecular flexibility index (Phi) is 8.51. The number of nitrogens with one attached hydrogen (secondary N) is 1. The first-order valence-electron chi connectivity index (χ1n) is 11.4. The molecular weight excluding hydrogens is 463 g/mol. The van der Waals surface area contributed by atoms with Crippen LogP contribution >= 0.6 is 11.8 Å². The number of methoxy groups -OCH3 is 1. The van der Waals surface area contributed by atoms with E-state index in [2.05, 4.69) is 27.6 Å². The molecule has 0 radical (unpaired) electrons. The van der Waals surface area contributed by atoms with Crippen molar-refractivity contribution in [2.45, 2.75) is 24.5 Å². The van der Waals surface area contributed by atoms with Crippen LogP contribution in [0.25, 0.3) is 11.4 Å². The molecule has 1 amide bonds. The number of para-hydroxylation sites is 1. The van der Waals surface area contributed by atoms with Gasteiger partial charge in [-0.3, -0.25) is 4.79 Å². The summed E-state index contributed by atoms with van der Waals surface area (Å²) in [6.45, 7) is 1.15. The number of aromatic nitrogens is 3. The van der Waals surface area contributed by atoms with Crippen LogP contribution in [0.5, 0.6) is 5.75 Å². The third-order valence-electron chi connectivity index (χ3n) is 5.51. The van der Waals surface area contributed by atoms with Crippen LogP contribution in [0.4, 0.5) is 4.39 Å². The van der Waals surface area contributed by atoms with Gasteiger partial charge in [0.15, 0.2) is 11.0 Å². The van der Waals surface area contributed by atoms with E-state index in [9.17, 15) is 9.18 Å². The fraction of sp³-hybridized carbons (Fsp3) is 0.222. The summed E-state index contributed by atoms with van der Waals surface area (Å²) in [7, 11) is 1.63. The lowest BCUT2D eigenvalue weighted by molar-refractivity contribution is -0.118. The lowest BCUT2D eigenvalue weighted by Gasteiger charge is -2.12. The topological polar surface area (TPSA) is 69.0 Å². The van der Waals surface area contributed by atoms with E-state index >= 15 is 0 Å². The first-order valence-corrected chi connectivity index (χ1v) is 12.4. The van der Waals surface area contributed by atoms with Gasteiger partial charge in [0.2, 0.25) is 5.91 Å². The lowest BCUT2D eigenvalue weighted by Crippen LogP contribution is -2.27. The van der Waals surface area contributed by atoms with Crippen LogP contribution in [-0.2, 0) is 24.2 Å². The average Bonchev–Trinajstić information content (AvgIpc) is 3.30. The molecule has 0 aliphatic rings. The number of amides is 1. The monoisotopic (exact) mass is 490 g/mol. The van der Waals surface area contributed by atoms with Gasteiger partial charge in [-0.1, -0.05) is 66.4 Å². The Balaban J connectivity index is 1.43. The Hall–Kier alpha value is -3.65. The molecule has 4 aromatic rings. The second-order valence-electron chi connectivity index (χ2n) is 7.91. The van der Waals surface area contributed by atoms with E-state index in [1.54, 1.807) is 19.2 Å². The highest BCUT2D eigenvalue weighted by Crippen LogP contribution is 2.31. The predicted molar refractivity (Wildman–Crippen MR) is 136 cm³/mol. The van der Waals surface area contributed by atoms with Gasteiger partial charge in [-0.25, -0.2) is 4.39 Å². The minimum absolute atomic E-state index is 0.0893. The Morgan fingerprint density at radius 2 is 1.66 bits per heavy atom. The molecule has 8 heteroatoms. The molecule has 0 spiro atoms. The smallest absolute Gasteiger partial charge is 0.230 e. The molecule has 6 nitrogen and oxygen atoms in total. The Labute approximate surface area is 208 Å². The van der Waals surface area contributed by atoms with Crippen molar-refractivity contribution in [3.05, 3.63) is 95.8 Å². The quantitative estimate of drug-likeness (QED) is 0.306. The molecule has 35 heavy (non-hydrogen) atoms. The van der Waals surface area contributed by atoms with Crippen molar-refractivity contribution in [2.24, 2.45) is 0 Å². The van der Waals surface area contributed by atoms with Crippen molar-refractivity contribution in [1.29, 1.82) is 0 Å². The van der Waals surface area contributed by atoms with Gasteiger partial charge in [0.1, 0.15) is 11.6 Å². The number of ether oxygens (including phenoxy) is 1. The summed E-state index contributed by atoms with van der Waals surface area (Å²) in [4.78, 5) is 12.5. The number of benzene rings is 3. The van der Waals surface area contributed by atoms with Crippen molar-refractivity contribution < 1.29 is 13.9 Å². The Bertz CT molecular complexity index is 1250. The summed E-state index contributed by atoms with van der Waals surface area (Å²) in [6.07, 6.45) is 1.44. The number of rotatable bonds is 11. The summed E-state index contributed by atoms with van der Waals surface area (Å²) in [5.41, 5.74) is 3.04. The van der Waals surface area contributed by atoms with E-state index in [-0.39, 0.29) is 17.5 Å². The first-order chi connectivity index (χ1) is 17.1. The summed E-state index contributed by atoms with van der Waals surface area (Å²) in [5.74, 6) is 1.29. The van der Waals surface area contributed by atoms with E-state index in [1.165, 1.54) is 29.5 Å². The van der Waals surface area contributed by atoms with Gasteiger partial charge in [0.25, 0.3) is 0 Å². The highest BCUT2D eigenvalue weighted by atomic mass is 32.2. The number of carbonyl (C=O) groups is 1. The van der Waals surface area contributed by atoms with Crippen molar-refractivity contribution in [3.8, 4) is 17.1 Å². The van der Waals surface area contributed by atoms with Gasteiger partial charge < -0.3 is 14.6 Å². The zero-order chi connectivity index (χ0) is 24.5. The summed E-state index contributed by atoms with van der Waals surface area (Å²) in [6, 6.07) is 24.2. The normalized spacial score (nSPS) is 10.8. The van der Waals surface area contributed by atoms with E-state index in [0.717, 1.165) is 23.3 Å². The molecule has 0 saturated heterocycles. The van der Waals surface area contributed by atoms with Gasteiger partial charge in [-0.05, 0) is 48.2 Å². The van der Waals surface area contributed by atoms with Crippen LogP contribution in [0, 0.1) is 5.82 Å². The lowest BCUT2D eigenvalue weighted by atomic mass is 10.1. The minimum atomic E-state index is -0.266. The van der Waals surface area contributed by atoms with Crippen molar-refractivity contribution in [2.75, 3.05) is 19.4 Å². The van der Waals surface area contributed by atoms with Crippen molar-refractivity contribution >= 4 is 17.7 Å². The SMILES string of the molecule is COc1ccccc1-c1nnc(SCC(=O)NCCc2ccc(F)cc2)n1CCc1ccccc1. The molecule has 0 saturated carbocycles. The third-order valence-corrected chi connectivity index (χ3v) is 6.48. The van der Waals surface area contributed by atoms with E-state index in [4.69, 9.17) is 4.74 Å².